The fourth-order valence-electron chi connectivity index (χ4n) is 7.24. The number of likely N-dealkylation sites (N-methyl/N-ethyl adjacent to an activating group) is 2. The van der Waals surface area contributed by atoms with E-state index >= 15 is 0 Å². The number of rotatable bonds is 6. The van der Waals surface area contributed by atoms with E-state index in [9.17, 15) is 8.42 Å². The molecule has 0 bridgehead atoms. The molecule has 0 N–H and O–H groups in total. The average molecular weight is 600 g/mol. The summed E-state index contributed by atoms with van der Waals surface area (Å²) in [4.78, 5) is 4.52. The summed E-state index contributed by atoms with van der Waals surface area (Å²) in [5.41, 5.74) is 9.97. The monoisotopic (exact) mass is 599 g/mol. The van der Waals surface area contributed by atoms with Crippen LogP contribution in [0.15, 0.2) is 95.4 Å². The number of para-hydroxylation sites is 2. The predicted molar refractivity (Wildman–Crippen MR) is 180 cm³/mol. The second-order valence-electron chi connectivity index (χ2n) is 12.8. The van der Waals surface area contributed by atoms with Crippen molar-refractivity contribution in [2.45, 2.75) is 65.2 Å². The lowest BCUT2D eigenvalue weighted by atomic mass is 9.83. The molecular formula is C36H47N4O2S+. The number of allylic oxidation sites excluding steroid dienone is 8. The zero-order chi connectivity index (χ0) is 31.3. The van der Waals surface area contributed by atoms with E-state index in [1.54, 1.807) is 7.05 Å². The molecule has 2 aromatic rings. The molecule has 228 valence electrons. The van der Waals surface area contributed by atoms with Crippen LogP contribution in [0.1, 0.15) is 65.5 Å². The van der Waals surface area contributed by atoms with Gasteiger partial charge < -0.3 is 9.80 Å². The van der Waals surface area contributed by atoms with Gasteiger partial charge in [0.1, 0.15) is 0 Å². The van der Waals surface area contributed by atoms with Crippen molar-refractivity contribution < 1.29 is 12.4 Å². The fraction of sp³-hybridized carbons (Fsp3) is 0.417. The molecule has 3 aliphatic rings. The Labute approximate surface area is 259 Å². The van der Waals surface area contributed by atoms with E-state index < -0.39 is 10.2 Å². The van der Waals surface area contributed by atoms with Gasteiger partial charge in [0.05, 0.1) is 0 Å². The Bertz CT molecular complexity index is 1600. The molecule has 0 amide bonds. The summed E-state index contributed by atoms with van der Waals surface area (Å²) in [7, 11) is 2.24. The summed E-state index contributed by atoms with van der Waals surface area (Å²) in [6.45, 7) is 13.7. The van der Waals surface area contributed by atoms with Crippen LogP contribution in [0.5, 0.6) is 0 Å². The number of nitrogens with zero attached hydrogens (tertiary/aromatic N) is 4. The van der Waals surface area contributed by atoms with E-state index in [0.717, 1.165) is 29.7 Å². The van der Waals surface area contributed by atoms with Crippen LogP contribution in [0.25, 0.3) is 0 Å². The van der Waals surface area contributed by atoms with E-state index in [1.807, 2.05) is 13.8 Å². The SMILES string of the molecule is CCN(CC)S(=O)(=O)[N+](C)=C1C(=CC=C2N(C)c3ccccc3C2(C)C)CC/C1=C\C=C1\N(C)c2ccccc2C1(C)C. The first kappa shape index (κ1) is 31.0. The van der Waals surface area contributed by atoms with Crippen molar-refractivity contribution in [3.05, 3.63) is 107 Å². The van der Waals surface area contributed by atoms with Gasteiger partial charge in [-0.1, -0.05) is 90.1 Å². The van der Waals surface area contributed by atoms with Crippen molar-refractivity contribution in [2.75, 3.05) is 44.0 Å². The summed E-state index contributed by atoms with van der Waals surface area (Å²) in [6, 6.07) is 17.1. The molecule has 0 radical (unpaired) electrons. The lowest BCUT2D eigenvalue weighted by Gasteiger charge is -2.24. The molecule has 2 aromatic carbocycles. The maximum Gasteiger partial charge on any atom is 0.442 e. The van der Waals surface area contributed by atoms with Crippen molar-refractivity contribution >= 4 is 27.3 Å². The number of benzene rings is 2. The minimum atomic E-state index is -3.69. The molecule has 43 heavy (non-hydrogen) atoms. The third-order valence-corrected chi connectivity index (χ3v) is 11.8. The molecule has 6 nitrogen and oxygen atoms in total. The molecular weight excluding hydrogens is 552 g/mol. The van der Waals surface area contributed by atoms with Crippen LogP contribution in [0.2, 0.25) is 0 Å². The Kier molecular flexibility index (Phi) is 8.12. The van der Waals surface area contributed by atoms with Gasteiger partial charge in [0.2, 0.25) is 5.71 Å². The van der Waals surface area contributed by atoms with Crippen LogP contribution in [-0.4, -0.2) is 56.6 Å². The minimum Gasteiger partial charge on any atom is -0.347 e. The van der Waals surface area contributed by atoms with E-state index in [0.29, 0.717) is 13.1 Å². The van der Waals surface area contributed by atoms with Crippen molar-refractivity contribution in [3.63, 3.8) is 0 Å². The molecule has 5 rings (SSSR count). The van der Waals surface area contributed by atoms with Crippen LogP contribution in [-0.2, 0) is 21.0 Å². The maximum absolute atomic E-state index is 13.8. The molecule has 7 heteroatoms. The lowest BCUT2D eigenvalue weighted by Crippen LogP contribution is -2.39. The first-order valence-electron chi connectivity index (χ1n) is 15.4. The predicted octanol–water partition coefficient (Wildman–Crippen LogP) is 6.93. The fourth-order valence-corrected chi connectivity index (χ4v) is 8.71. The molecule has 1 saturated carbocycles. The summed E-state index contributed by atoms with van der Waals surface area (Å²) >= 11 is 0. The number of anilines is 2. The Morgan fingerprint density at radius 2 is 1.14 bits per heavy atom. The van der Waals surface area contributed by atoms with Crippen LogP contribution >= 0.6 is 0 Å². The first-order valence-corrected chi connectivity index (χ1v) is 16.8. The van der Waals surface area contributed by atoms with Crippen LogP contribution < -0.4 is 9.80 Å². The van der Waals surface area contributed by atoms with Gasteiger partial charge in [0.15, 0.2) is 7.05 Å². The van der Waals surface area contributed by atoms with E-state index in [4.69, 9.17) is 0 Å². The van der Waals surface area contributed by atoms with E-state index in [2.05, 4.69) is 124 Å². The largest absolute Gasteiger partial charge is 0.442 e. The summed E-state index contributed by atoms with van der Waals surface area (Å²) < 4.78 is 30.7. The number of hydrogen-bond donors (Lipinski definition) is 0. The lowest BCUT2D eigenvalue weighted by molar-refractivity contribution is -0.332. The highest BCUT2D eigenvalue weighted by Gasteiger charge is 2.41. The van der Waals surface area contributed by atoms with Gasteiger partial charge in [0.25, 0.3) is 0 Å². The molecule has 0 atom stereocenters. The van der Waals surface area contributed by atoms with Gasteiger partial charge in [-0.15, -0.1) is 16.7 Å². The molecule has 0 aromatic heterocycles. The number of hydrogen-bond acceptors (Lipinski definition) is 4. The normalized spacial score (nSPS) is 24.1. The minimum absolute atomic E-state index is 0.156. The van der Waals surface area contributed by atoms with Gasteiger partial charge in [-0.05, 0) is 48.3 Å². The van der Waals surface area contributed by atoms with Crippen LogP contribution in [0, 0.1) is 0 Å². The molecule has 0 unspecified atom stereocenters. The van der Waals surface area contributed by atoms with Gasteiger partial charge in [0, 0.05) is 71.9 Å². The molecule has 2 heterocycles. The molecule has 1 aliphatic carbocycles. The molecule has 1 fully saturated rings. The highest BCUT2D eigenvalue weighted by molar-refractivity contribution is 7.83. The first-order chi connectivity index (χ1) is 20.3. The van der Waals surface area contributed by atoms with Gasteiger partial charge in [-0.3, -0.25) is 0 Å². The quantitative estimate of drug-likeness (QED) is 0.338. The Hall–Kier alpha value is -3.42. The highest BCUT2D eigenvalue weighted by atomic mass is 32.2. The Morgan fingerprint density at radius 1 is 0.744 bits per heavy atom. The van der Waals surface area contributed by atoms with Crippen molar-refractivity contribution in [2.24, 2.45) is 0 Å². The van der Waals surface area contributed by atoms with Gasteiger partial charge in [-0.25, -0.2) is 0 Å². The second kappa shape index (κ2) is 11.3. The third-order valence-electron chi connectivity index (χ3n) is 9.73. The van der Waals surface area contributed by atoms with E-state index in [-0.39, 0.29) is 10.8 Å². The summed E-state index contributed by atoms with van der Waals surface area (Å²) in [5.74, 6) is 0. The van der Waals surface area contributed by atoms with Crippen molar-refractivity contribution in [1.29, 1.82) is 0 Å². The maximum atomic E-state index is 13.8. The summed E-state index contributed by atoms with van der Waals surface area (Å²) in [5, 5.41) is 0. The molecule has 0 spiro atoms. The highest BCUT2D eigenvalue weighted by Crippen LogP contribution is 2.48. The topological polar surface area (TPSA) is 46.9 Å². The zero-order valence-corrected chi connectivity index (χ0v) is 28.1. The van der Waals surface area contributed by atoms with Crippen LogP contribution in [0.4, 0.5) is 11.4 Å². The second-order valence-corrected chi connectivity index (χ2v) is 14.8. The smallest absolute Gasteiger partial charge is 0.347 e. The van der Waals surface area contributed by atoms with Crippen molar-refractivity contribution in [3.8, 4) is 0 Å². The molecule has 0 saturated heterocycles. The summed E-state index contributed by atoms with van der Waals surface area (Å²) in [6.07, 6.45) is 10.3. The van der Waals surface area contributed by atoms with E-state index in [1.165, 1.54) is 42.2 Å². The zero-order valence-electron chi connectivity index (χ0n) is 27.3. The van der Waals surface area contributed by atoms with Gasteiger partial charge >= 0.3 is 10.2 Å². The van der Waals surface area contributed by atoms with Gasteiger partial charge in [-0.2, -0.15) is 0 Å². The third kappa shape index (κ3) is 5.00. The molecule has 2 aliphatic heterocycles. The Balaban J connectivity index is 1.62. The average Bonchev–Trinajstić information content (AvgIpc) is 3.53. The number of fused-ring (bicyclic) bond motifs is 2. The standard InChI is InChI=1S/C36H47N4O2S/c1-10-40(11-2)43(41,42)39(9)34-26(22-24-32-35(3,4)28-16-12-14-18-30(28)37(32)7)20-21-27(34)23-25-33-36(5,6)29-17-13-15-19-31(29)38(33)8/h12-19,22-25H,10-11,20-21H2,1-9H3/q+1. The Morgan fingerprint density at radius 3 is 1.51 bits per heavy atom. The van der Waals surface area contributed by atoms with Crippen molar-refractivity contribution in [1.82, 2.24) is 4.31 Å². The van der Waals surface area contributed by atoms with Crippen LogP contribution in [0.3, 0.4) is 0 Å².